The molecule has 140 valence electrons. The average Bonchev–Trinajstić information content (AvgIpc) is 3.10. The molecule has 1 amide bonds. The zero-order valence-corrected chi connectivity index (χ0v) is 15.8. The van der Waals surface area contributed by atoms with Crippen LogP contribution in [0.5, 0.6) is 5.75 Å². The molecule has 3 aromatic rings. The zero-order valence-electron chi connectivity index (χ0n) is 15.8. The third-order valence-corrected chi connectivity index (χ3v) is 4.00. The highest BCUT2D eigenvalue weighted by atomic mass is 16.5. The summed E-state index contributed by atoms with van der Waals surface area (Å²) in [5, 5.41) is 10.6. The first-order valence-corrected chi connectivity index (χ1v) is 9.01. The first-order chi connectivity index (χ1) is 13.0. The lowest BCUT2D eigenvalue weighted by atomic mass is 10.1. The molecular formula is C21H23N3O3. The Morgan fingerprint density at radius 2 is 1.78 bits per heavy atom. The maximum Gasteiger partial charge on any atom is 0.322 e. The minimum atomic E-state index is -0.314. The van der Waals surface area contributed by atoms with E-state index in [9.17, 15) is 4.79 Å². The number of ether oxygens (including phenoxy) is 1. The number of hydrogen-bond donors (Lipinski definition) is 1. The van der Waals surface area contributed by atoms with Crippen LogP contribution in [0.25, 0.3) is 11.5 Å². The quantitative estimate of drug-likeness (QED) is 0.609. The number of hydrogen-bond acceptors (Lipinski definition) is 5. The number of nitrogens with zero attached hydrogens (tertiary/aromatic N) is 2. The van der Waals surface area contributed by atoms with Gasteiger partial charge >= 0.3 is 6.01 Å². The van der Waals surface area contributed by atoms with Gasteiger partial charge in [0.1, 0.15) is 5.75 Å². The van der Waals surface area contributed by atoms with Crippen molar-refractivity contribution >= 4 is 11.9 Å². The highest BCUT2D eigenvalue weighted by Gasteiger charge is 2.13. The summed E-state index contributed by atoms with van der Waals surface area (Å²) < 4.78 is 11.2. The topological polar surface area (TPSA) is 77.2 Å². The van der Waals surface area contributed by atoms with Crippen molar-refractivity contribution in [1.29, 1.82) is 0 Å². The normalized spacial score (nSPS) is 10.6. The Balaban J connectivity index is 1.65. The van der Waals surface area contributed by atoms with E-state index in [4.69, 9.17) is 9.15 Å². The standard InChI is InChI=1S/C21H23N3O3/c1-4-5-10-26-18-8-6-16(7-9-18)19(25)22-21-24-23-20(27-21)17-12-14(2)11-15(3)13-17/h6-9,11-13H,4-5,10H2,1-3H3,(H,22,24,25). The fraction of sp³-hybridized carbons (Fsp3) is 0.286. The van der Waals surface area contributed by atoms with Crippen molar-refractivity contribution in [2.75, 3.05) is 11.9 Å². The predicted molar refractivity (Wildman–Crippen MR) is 104 cm³/mol. The Bertz CT molecular complexity index is 896. The van der Waals surface area contributed by atoms with Crippen LogP contribution in [0.1, 0.15) is 41.3 Å². The van der Waals surface area contributed by atoms with Crippen molar-refractivity contribution in [3.05, 3.63) is 59.2 Å². The molecule has 0 fully saturated rings. The van der Waals surface area contributed by atoms with Crippen LogP contribution in [0.4, 0.5) is 6.01 Å². The van der Waals surface area contributed by atoms with Crippen LogP contribution in [0.3, 0.4) is 0 Å². The lowest BCUT2D eigenvalue weighted by Gasteiger charge is -2.06. The van der Waals surface area contributed by atoms with Gasteiger partial charge < -0.3 is 9.15 Å². The van der Waals surface area contributed by atoms with Gasteiger partial charge in [0.25, 0.3) is 5.91 Å². The highest BCUT2D eigenvalue weighted by molar-refractivity contribution is 6.03. The van der Waals surface area contributed by atoms with E-state index in [-0.39, 0.29) is 11.9 Å². The van der Waals surface area contributed by atoms with Crippen molar-refractivity contribution in [2.45, 2.75) is 33.6 Å². The molecule has 0 bridgehead atoms. The number of anilines is 1. The Labute approximate surface area is 158 Å². The van der Waals surface area contributed by atoms with Gasteiger partial charge in [-0.1, -0.05) is 35.6 Å². The highest BCUT2D eigenvalue weighted by Crippen LogP contribution is 2.23. The third-order valence-electron chi connectivity index (χ3n) is 4.00. The summed E-state index contributed by atoms with van der Waals surface area (Å²) in [6.45, 7) is 6.79. The summed E-state index contributed by atoms with van der Waals surface area (Å²) >= 11 is 0. The Kier molecular flexibility index (Phi) is 5.86. The first kappa shape index (κ1) is 18.6. The maximum absolute atomic E-state index is 12.4. The van der Waals surface area contributed by atoms with Crippen LogP contribution in [0.15, 0.2) is 46.9 Å². The fourth-order valence-corrected chi connectivity index (χ4v) is 2.69. The second kappa shape index (κ2) is 8.49. The van der Waals surface area contributed by atoms with E-state index in [2.05, 4.69) is 28.5 Å². The predicted octanol–water partition coefficient (Wildman–Crippen LogP) is 4.78. The largest absolute Gasteiger partial charge is 0.494 e. The van der Waals surface area contributed by atoms with Crippen molar-refractivity contribution in [3.8, 4) is 17.2 Å². The van der Waals surface area contributed by atoms with Crippen molar-refractivity contribution in [3.63, 3.8) is 0 Å². The molecule has 0 aliphatic rings. The van der Waals surface area contributed by atoms with Gasteiger partial charge in [-0.3, -0.25) is 10.1 Å². The SMILES string of the molecule is CCCCOc1ccc(C(=O)Nc2nnc(-c3cc(C)cc(C)c3)o2)cc1. The number of aromatic nitrogens is 2. The number of rotatable bonds is 7. The summed E-state index contributed by atoms with van der Waals surface area (Å²) in [5.74, 6) is 0.803. The molecule has 0 saturated heterocycles. The minimum absolute atomic E-state index is 0.0671. The Hall–Kier alpha value is -3.15. The summed E-state index contributed by atoms with van der Waals surface area (Å²) in [5.41, 5.74) is 3.53. The first-order valence-electron chi connectivity index (χ1n) is 9.01. The van der Waals surface area contributed by atoms with E-state index in [1.54, 1.807) is 24.3 Å². The van der Waals surface area contributed by atoms with E-state index in [1.165, 1.54) is 0 Å². The van der Waals surface area contributed by atoms with Gasteiger partial charge in [-0.15, -0.1) is 5.10 Å². The Morgan fingerprint density at radius 3 is 2.44 bits per heavy atom. The number of nitrogens with one attached hydrogen (secondary N) is 1. The molecule has 0 spiro atoms. The van der Waals surface area contributed by atoms with Gasteiger partial charge in [0.2, 0.25) is 5.89 Å². The van der Waals surface area contributed by atoms with Crippen LogP contribution >= 0.6 is 0 Å². The molecule has 0 unspecified atom stereocenters. The molecular weight excluding hydrogens is 342 g/mol. The summed E-state index contributed by atoms with van der Waals surface area (Å²) in [6, 6.07) is 13.0. The lowest BCUT2D eigenvalue weighted by molar-refractivity contribution is 0.102. The third kappa shape index (κ3) is 4.94. The van der Waals surface area contributed by atoms with E-state index >= 15 is 0 Å². The van der Waals surface area contributed by atoms with Crippen LogP contribution in [-0.4, -0.2) is 22.7 Å². The van der Waals surface area contributed by atoms with Crippen LogP contribution in [0.2, 0.25) is 0 Å². The summed E-state index contributed by atoms with van der Waals surface area (Å²) in [6.07, 6.45) is 2.08. The summed E-state index contributed by atoms with van der Waals surface area (Å²) in [4.78, 5) is 12.4. The van der Waals surface area contributed by atoms with E-state index in [0.717, 1.165) is 35.3 Å². The second-order valence-corrected chi connectivity index (χ2v) is 6.47. The van der Waals surface area contributed by atoms with Crippen molar-refractivity contribution in [1.82, 2.24) is 10.2 Å². The van der Waals surface area contributed by atoms with Gasteiger partial charge in [0, 0.05) is 11.1 Å². The van der Waals surface area contributed by atoms with Crippen molar-refractivity contribution < 1.29 is 13.9 Å². The molecule has 1 heterocycles. The van der Waals surface area contributed by atoms with Gasteiger partial charge in [0.15, 0.2) is 0 Å². The number of amides is 1. The smallest absolute Gasteiger partial charge is 0.322 e. The number of unbranched alkanes of at least 4 members (excludes halogenated alkanes) is 1. The molecule has 0 saturated carbocycles. The minimum Gasteiger partial charge on any atom is -0.494 e. The second-order valence-electron chi connectivity index (χ2n) is 6.47. The van der Waals surface area contributed by atoms with Gasteiger partial charge in [0.05, 0.1) is 6.61 Å². The molecule has 27 heavy (non-hydrogen) atoms. The molecule has 0 aliphatic heterocycles. The molecule has 6 heteroatoms. The average molecular weight is 365 g/mol. The van der Waals surface area contributed by atoms with Crippen LogP contribution in [0, 0.1) is 13.8 Å². The zero-order chi connectivity index (χ0) is 19.2. The van der Waals surface area contributed by atoms with E-state index in [1.807, 2.05) is 26.0 Å². The molecule has 0 aliphatic carbocycles. The van der Waals surface area contributed by atoms with Crippen LogP contribution in [-0.2, 0) is 0 Å². The number of benzene rings is 2. The summed E-state index contributed by atoms with van der Waals surface area (Å²) in [7, 11) is 0. The molecule has 1 N–H and O–H groups in total. The molecule has 1 aromatic heterocycles. The lowest BCUT2D eigenvalue weighted by Crippen LogP contribution is -2.12. The maximum atomic E-state index is 12.4. The number of carbonyl (C=O) groups excluding carboxylic acids is 1. The van der Waals surface area contributed by atoms with E-state index < -0.39 is 0 Å². The molecule has 3 rings (SSSR count). The molecule has 0 radical (unpaired) electrons. The van der Waals surface area contributed by atoms with Gasteiger partial charge in [-0.25, -0.2) is 0 Å². The van der Waals surface area contributed by atoms with Crippen LogP contribution < -0.4 is 10.1 Å². The fourth-order valence-electron chi connectivity index (χ4n) is 2.69. The molecule has 6 nitrogen and oxygen atoms in total. The van der Waals surface area contributed by atoms with E-state index in [0.29, 0.717) is 18.1 Å². The Morgan fingerprint density at radius 1 is 1.07 bits per heavy atom. The van der Waals surface area contributed by atoms with Crippen molar-refractivity contribution in [2.24, 2.45) is 0 Å². The molecule has 2 aromatic carbocycles. The van der Waals surface area contributed by atoms with Gasteiger partial charge in [-0.05, 0) is 56.7 Å². The molecule has 0 atom stereocenters. The number of aryl methyl sites for hydroxylation is 2. The van der Waals surface area contributed by atoms with Gasteiger partial charge in [-0.2, -0.15) is 0 Å². The monoisotopic (exact) mass is 365 g/mol. The number of carbonyl (C=O) groups is 1.